The van der Waals surface area contributed by atoms with Gasteiger partial charge in [-0.15, -0.1) is 0 Å². The highest BCUT2D eigenvalue weighted by Gasteiger charge is 2.13. The smallest absolute Gasteiger partial charge is 0.222 e. The summed E-state index contributed by atoms with van der Waals surface area (Å²) in [5.74, 6) is 0.909. The van der Waals surface area contributed by atoms with Gasteiger partial charge in [0.1, 0.15) is 17.9 Å². The van der Waals surface area contributed by atoms with Gasteiger partial charge in [-0.1, -0.05) is 6.58 Å². The highest BCUT2D eigenvalue weighted by molar-refractivity contribution is 6.03. The fraction of sp³-hybridized carbons (Fsp3) is 0.105. The van der Waals surface area contributed by atoms with Crippen molar-refractivity contribution >= 4 is 22.8 Å². The Bertz CT molecular complexity index is 938. The summed E-state index contributed by atoms with van der Waals surface area (Å²) in [4.78, 5) is -0.463. The third-order valence-electron chi connectivity index (χ3n) is 3.55. The van der Waals surface area contributed by atoms with Gasteiger partial charge in [0.15, 0.2) is 11.5 Å². The van der Waals surface area contributed by atoms with E-state index in [1.165, 1.54) is 12.2 Å². The van der Waals surface area contributed by atoms with Crippen molar-refractivity contribution < 1.29 is 19.2 Å². The van der Waals surface area contributed by atoms with Crippen molar-refractivity contribution in [1.82, 2.24) is 0 Å². The average Bonchev–Trinajstić information content (AvgIpc) is 2.89. The second kappa shape index (κ2) is 6.60. The van der Waals surface area contributed by atoms with Crippen LogP contribution < -0.4 is 4.74 Å². The molecule has 1 aromatic carbocycles. The Labute approximate surface area is 144 Å². The minimum atomic E-state index is -0.463. The Hall–Kier alpha value is -3.41. The van der Waals surface area contributed by atoms with Crippen molar-refractivity contribution in [1.29, 1.82) is 0 Å². The van der Waals surface area contributed by atoms with Crippen molar-refractivity contribution in [3.63, 3.8) is 0 Å². The summed E-state index contributed by atoms with van der Waals surface area (Å²) >= 11 is 0. The van der Waals surface area contributed by atoms with Crippen LogP contribution in [0.15, 0.2) is 64.6 Å². The second-order valence-electron chi connectivity index (χ2n) is 5.71. The van der Waals surface area contributed by atoms with E-state index in [0.29, 0.717) is 28.9 Å². The molecule has 1 N–H and O–H groups in total. The Morgan fingerprint density at radius 3 is 2.64 bits per heavy atom. The van der Waals surface area contributed by atoms with Crippen LogP contribution in [0.25, 0.3) is 17.0 Å². The van der Waals surface area contributed by atoms with Gasteiger partial charge in [-0.3, -0.25) is 0 Å². The van der Waals surface area contributed by atoms with Crippen LogP contribution >= 0.6 is 0 Å². The van der Waals surface area contributed by atoms with Crippen molar-refractivity contribution in [2.24, 2.45) is 0 Å². The monoisotopic (exact) mass is 338 g/mol. The van der Waals surface area contributed by atoms with Gasteiger partial charge in [0.05, 0.1) is 5.39 Å². The molecule has 3 rings (SSSR count). The normalized spacial score (nSPS) is 13.3. The Morgan fingerprint density at radius 2 is 2.00 bits per heavy atom. The molecule has 6 nitrogen and oxygen atoms in total. The molecule has 0 fully saturated rings. The first-order valence-corrected chi connectivity index (χ1v) is 7.56. The predicted molar refractivity (Wildman–Crippen MR) is 96.4 cm³/mol. The molecule has 0 radical (unpaired) electrons. The molecule has 1 heterocycles. The summed E-state index contributed by atoms with van der Waals surface area (Å²) in [7, 11) is 0. The largest absolute Gasteiger partial charge is 0.612 e. The number of rotatable bonds is 4. The van der Waals surface area contributed by atoms with Crippen molar-refractivity contribution in [2.75, 3.05) is 6.61 Å². The molecule has 0 saturated carbocycles. The minimum absolute atomic E-state index is 0.00489. The molecule has 1 aromatic heterocycles. The molecule has 2 aromatic rings. The molecule has 128 valence electrons. The van der Waals surface area contributed by atoms with Crippen LogP contribution in [0, 0.1) is 10.4 Å². The molecule has 0 atom stereocenters. The van der Waals surface area contributed by atoms with Crippen LogP contribution in [-0.4, -0.2) is 22.3 Å². The Kier molecular flexibility index (Phi) is 4.35. The van der Waals surface area contributed by atoms with E-state index in [1.807, 2.05) is 6.92 Å². The van der Waals surface area contributed by atoms with Gasteiger partial charge in [-0.2, -0.15) is 4.90 Å². The lowest BCUT2D eigenvalue weighted by molar-refractivity contribution is -0.377. The number of hydrogen-bond acceptors (Lipinski definition) is 5. The average molecular weight is 338 g/mol. The summed E-state index contributed by atoms with van der Waals surface area (Å²) in [6, 6.07) is 5.16. The number of ether oxygens (including phenoxy) is 1. The molecule has 0 amide bonds. The van der Waals surface area contributed by atoms with E-state index in [-0.39, 0.29) is 17.2 Å². The molecule has 0 bridgehead atoms. The summed E-state index contributed by atoms with van der Waals surface area (Å²) < 4.78 is 11.2. The van der Waals surface area contributed by atoms with Crippen molar-refractivity contribution in [2.45, 2.75) is 6.92 Å². The van der Waals surface area contributed by atoms with E-state index in [0.717, 1.165) is 5.57 Å². The minimum Gasteiger partial charge on any atom is -0.612 e. The first kappa shape index (κ1) is 16.4. The predicted octanol–water partition coefficient (Wildman–Crippen LogP) is 4.05. The van der Waals surface area contributed by atoms with Gasteiger partial charge < -0.3 is 24.7 Å². The molecule has 0 saturated heterocycles. The van der Waals surface area contributed by atoms with Gasteiger partial charge in [0, 0.05) is 18.2 Å². The number of benzene rings is 1. The summed E-state index contributed by atoms with van der Waals surface area (Å²) in [5.41, 5.74) is 2.07. The van der Waals surface area contributed by atoms with Gasteiger partial charge in [0.2, 0.25) is 5.71 Å². The van der Waals surface area contributed by atoms with E-state index < -0.39 is 4.90 Å². The zero-order chi connectivity index (χ0) is 18.0. The molecular formula is C19H16NO5-. The van der Waals surface area contributed by atoms with Gasteiger partial charge in [-0.05, 0) is 48.4 Å². The molecule has 0 spiro atoms. The lowest BCUT2D eigenvalue weighted by Crippen LogP contribution is -2.06. The third-order valence-corrected chi connectivity index (χ3v) is 3.55. The van der Waals surface area contributed by atoms with Crippen LogP contribution in [0.5, 0.6) is 11.5 Å². The quantitative estimate of drug-likeness (QED) is 0.516. The van der Waals surface area contributed by atoms with E-state index in [2.05, 4.69) is 6.58 Å². The first-order valence-electron chi connectivity index (χ1n) is 7.56. The van der Waals surface area contributed by atoms with Crippen LogP contribution in [0.4, 0.5) is 0 Å². The maximum absolute atomic E-state index is 10.7. The van der Waals surface area contributed by atoms with Crippen LogP contribution in [0.1, 0.15) is 12.7 Å². The van der Waals surface area contributed by atoms with Gasteiger partial charge >= 0.3 is 0 Å². The zero-order valence-corrected chi connectivity index (χ0v) is 13.6. The number of fused-ring (bicyclic) bond motifs is 1. The number of nitrogens with zero attached hydrogens (tertiary/aromatic N) is 1. The SMILES string of the molecule is C=C(C)COc1ccc2c(O)c(C=C3C=CC(=[N+]([O-])[O-])C=C3)oc2c1. The summed E-state index contributed by atoms with van der Waals surface area (Å²) in [5, 5.41) is 32.3. The fourth-order valence-electron chi connectivity index (χ4n) is 2.32. The number of furan rings is 1. The lowest BCUT2D eigenvalue weighted by atomic mass is 10.1. The Morgan fingerprint density at radius 1 is 1.28 bits per heavy atom. The fourth-order valence-corrected chi connectivity index (χ4v) is 2.32. The van der Waals surface area contributed by atoms with Crippen LogP contribution in [0.2, 0.25) is 0 Å². The molecule has 25 heavy (non-hydrogen) atoms. The standard InChI is InChI=1S/C19H16NO5/c1-12(2)11-24-15-7-8-16-17(10-15)25-18(19(16)21)9-13-3-5-14(6-4-13)20(22)23/h3-10H,1,11H2,2H3,(H-,21,22,23)/q-1. The molecular weight excluding hydrogens is 322 g/mol. The van der Waals surface area contributed by atoms with Crippen LogP contribution in [-0.2, 0) is 0 Å². The molecule has 0 unspecified atom stereocenters. The summed E-state index contributed by atoms with van der Waals surface area (Å²) in [6.45, 7) is 6.05. The van der Waals surface area contributed by atoms with E-state index in [4.69, 9.17) is 9.15 Å². The second-order valence-corrected chi connectivity index (χ2v) is 5.71. The zero-order valence-electron chi connectivity index (χ0n) is 13.6. The highest BCUT2D eigenvalue weighted by atomic mass is 16.8. The van der Waals surface area contributed by atoms with E-state index >= 15 is 0 Å². The van der Waals surface area contributed by atoms with Gasteiger partial charge in [-0.25, -0.2) is 0 Å². The molecule has 0 aliphatic heterocycles. The topological polar surface area (TPSA) is 91.7 Å². The number of aromatic hydroxyl groups is 1. The van der Waals surface area contributed by atoms with E-state index in [9.17, 15) is 15.5 Å². The first-order chi connectivity index (χ1) is 11.9. The maximum atomic E-state index is 10.7. The third kappa shape index (κ3) is 3.58. The highest BCUT2D eigenvalue weighted by Crippen LogP contribution is 2.35. The lowest BCUT2D eigenvalue weighted by Gasteiger charge is -2.07. The number of hydrogen-bond donors (Lipinski definition) is 1. The molecule has 1 aliphatic rings. The number of allylic oxidation sites excluding steroid dienone is 5. The summed E-state index contributed by atoms with van der Waals surface area (Å²) in [6.07, 6.45) is 7.59. The van der Waals surface area contributed by atoms with E-state index in [1.54, 1.807) is 36.4 Å². The molecule has 1 aliphatic carbocycles. The van der Waals surface area contributed by atoms with Crippen LogP contribution in [0.3, 0.4) is 0 Å². The molecule has 6 heteroatoms. The van der Waals surface area contributed by atoms with Gasteiger partial charge in [0.25, 0.3) is 0 Å². The van der Waals surface area contributed by atoms with Crippen molar-refractivity contribution in [3.05, 3.63) is 76.4 Å². The Balaban J connectivity index is 1.90. The maximum Gasteiger partial charge on any atom is 0.222 e. The van der Waals surface area contributed by atoms with Crippen molar-refractivity contribution in [3.8, 4) is 11.5 Å².